The topological polar surface area (TPSA) is 103 Å². The summed E-state index contributed by atoms with van der Waals surface area (Å²) in [4.78, 5) is 32.9. The number of carbonyl (C=O) groups is 2. The molecule has 3 fully saturated rings. The lowest BCUT2D eigenvalue weighted by molar-refractivity contribution is -0.179. The molecule has 0 saturated heterocycles. The second-order valence-corrected chi connectivity index (χ2v) is 13.5. The third-order valence-corrected chi connectivity index (χ3v) is 11.5. The van der Waals surface area contributed by atoms with Gasteiger partial charge in [-0.05, 0) is 67.7 Å². The smallest absolute Gasteiger partial charge is 0.393 e. The Labute approximate surface area is 234 Å². The number of hydrogen-bond acceptors (Lipinski definition) is 6. The van der Waals surface area contributed by atoms with Crippen molar-refractivity contribution in [2.45, 2.75) is 69.5 Å². The van der Waals surface area contributed by atoms with E-state index in [0.29, 0.717) is 6.42 Å². The Bertz CT molecular complexity index is 1470. The zero-order chi connectivity index (χ0) is 28.8. The largest absolute Gasteiger partial charge is 0.418 e. The van der Waals surface area contributed by atoms with Crippen LogP contribution < -0.4 is 0 Å². The molecule has 0 aliphatic heterocycles. The summed E-state index contributed by atoms with van der Waals surface area (Å²) in [5.74, 6) is -1.00. The fraction of sp³-hybridized carbons (Fsp3) is 0.567. The Morgan fingerprint density at radius 2 is 2.02 bits per heavy atom. The molecule has 1 aromatic heterocycles. The summed E-state index contributed by atoms with van der Waals surface area (Å²) in [6.45, 7) is 5.86. The van der Waals surface area contributed by atoms with Gasteiger partial charge in [-0.3, -0.25) is 9.59 Å². The van der Waals surface area contributed by atoms with Crippen LogP contribution in [0.25, 0.3) is 11.0 Å². The number of alkyl halides is 3. The Balaban J connectivity index is 1.26. The minimum absolute atomic E-state index is 0.000187. The molecule has 6 nitrogen and oxygen atoms in total. The number of carbonyl (C=O) groups excluding carboxylic acids is 2. The molecule has 2 aromatic rings. The molecule has 40 heavy (non-hydrogen) atoms. The zero-order valence-electron chi connectivity index (χ0n) is 22.6. The number of thioether (sulfide) groups is 1. The number of imidazole rings is 1. The van der Waals surface area contributed by atoms with Crippen molar-refractivity contribution in [3.8, 4) is 0 Å². The van der Waals surface area contributed by atoms with Crippen LogP contribution in [0, 0.1) is 34.5 Å². The monoisotopic (exact) mass is 574 g/mol. The number of aliphatic hydroxyl groups excluding tert-OH is 1. The molecule has 3 saturated carbocycles. The molecule has 5 unspecified atom stereocenters. The number of hydrogen-bond donors (Lipinski definition) is 3. The van der Waals surface area contributed by atoms with Crippen molar-refractivity contribution >= 4 is 34.4 Å². The van der Waals surface area contributed by atoms with E-state index in [-0.39, 0.29) is 57.8 Å². The molecule has 214 valence electrons. The van der Waals surface area contributed by atoms with E-state index < -0.39 is 40.1 Å². The summed E-state index contributed by atoms with van der Waals surface area (Å²) < 4.78 is 40.3. The van der Waals surface area contributed by atoms with Crippen LogP contribution in [0.4, 0.5) is 13.2 Å². The molecule has 0 bridgehead atoms. The van der Waals surface area contributed by atoms with E-state index in [2.05, 4.69) is 16.9 Å². The molecule has 0 amide bonds. The van der Waals surface area contributed by atoms with Crippen molar-refractivity contribution in [1.82, 2.24) is 9.97 Å². The van der Waals surface area contributed by atoms with Gasteiger partial charge in [0.2, 0.25) is 0 Å². The minimum atomic E-state index is -4.56. The van der Waals surface area contributed by atoms with E-state index in [9.17, 15) is 33.0 Å². The van der Waals surface area contributed by atoms with Gasteiger partial charge < -0.3 is 15.2 Å². The van der Waals surface area contributed by atoms with Crippen LogP contribution in [0.2, 0.25) is 0 Å². The fourth-order valence-electron chi connectivity index (χ4n) is 8.80. The molecule has 1 aromatic carbocycles. The zero-order valence-corrected chi connectivity index (χ0v) is 23.4. The third kappa shape index (κ3) is 3.81. The van der Waals surface area contributed by atoms with Crippen LogP contribution in [0.15, 0.2) is 47.2 Å². The molecule has 1 heterocycles. The van der Waals surface area contributed by atoms with Gasteiger partial charge in [-0.15, -0.1) is 0 Å². The number of H-pyrrole nitrogens is 1. The molecule has 0 radical (unpaired) electrons. The van der Waals surface area contributed by atoms with Crippen molar-refractivity contribution in [1.29, 1.82) is 0 Å². The molecular formula is C30H33F3N2O4S. The van der Waals surface area contributed by atoms with Gasteiger partial charge in [0, 0.05) is 16.7 Å². The average molecular weight is 575 g/mol. The first-order chi connectivity index (χ1) is 18.7. The number of aromatic amines is 1. The fourth-order valence-corrected chi connectivity index (χ4v) is 9.63. The van der Waals surface area contributed by atoms with Gasteiger partial charge in [0.25, 0.3) is 0 Å². The van der Waals surface area contributed by atoms with Crippen molar-refractivity contribution in [2.24, 2.45) is 34.5 Å². The molecule has 4 aliphatic rings. The molecule has 6 rings (SSSR count). The molecule has 8 atom stereocenters. The van der Waals surface area contributed by atoms with Gasteiger partial charge in [-0.2, -0.15) is 13.2 Å². The number of nitrogens with one attached hydrogen (secondary N) is 1. The normalized spacial score (nSPS) is 39.0. The highest BCUT2D eigenvalue weighted by molar-refractivity contribution is 7.99. The van der Waals surface area contributed by atoms with Gasteiger partial charge in [0.05, 0.1) is 22.9 Å². The highest BCUT2D eigenvalue weighted by Crippen LogP contribution is 2.68. The third-order valence-electron chi connectivity index (χ3n) is 10.6. The molecular weight excluding hydrogens is 541 g/mol. The number of ketones is 2. The second kappa shape index (κ2) is 9.03. The lowest BCUT2D eigenvalue weighted by atomic mass is 9.46. The number of nitrogens with zero attached hydrogens (tertiary/aromatic N) is 1. The molecule has 0 spiro atoms. The Hall–Kier alpha value is -2.43. The summed E-state index contributed by atoms with van der Waals surface area (Å²) in [5.41, 5.74) is -2.80. The van der Waals surface area contributed by atoms with Gasteiger partial charge >= 0.3 is 6.18 Å². The second-order valence-electron chi connectivity index (χ2n) is 12.6. The standard InChI is InChI=1S/C30H33F3N2O4S/c1-15-11-20-18-8-7-16-12-17(36)9-10-27(16,2)24(18)22(37)13-28(20,3)29(15,39)23(38)14-40-26-34-21-6-4-5-19(25(21)35-26)30(31,32)33/h4-6,9-10,12,15,18,20,22,24,37,39H,7-8,11,13-14H2,1-3H3,(H,34,35)/t15-,18?,20?,22+,24?,27?,28?,29+/m1/s1. The predicted molar refractivity (Wildman–Crippen MR) is 144 cm³/mol. The van der Waals surface area contributed by atoms with Gasteiger partial charge in [-0.1, -0.05) is 50.2 Å². The van der Waals surface area contributed by atoms with Crippen LogP contribution in [-0.4, -0.2) is 49.2 Å². The van der Waals surface area contributed by atoms with Crippen molar-refractivity contribution in [3.63, 3.8) is 0 Å². The lowest BCUT2D eigenvalue weighted by Crippen LogP contribution is -2.62. The van der Waals surface area contributed by atoms with Gasteiger partial charge in [-0.25, -0.2) is 4.98 Å². The van der Waals surface area contributed by atoms with Gasteiger partial charge in [0.15, 0.2) is 16.7 Å². The first-order valence-corrected chi connectivity index (χ1v) is 14.8. The molecule has 3 N–H and O–H groups in total. The number of halogens is 3. The highest BCUT2D eigenvalue weighted by Gasteiger charge is 2.70. The predicted octanol–water partition coefficient (Wildman–Crippen LogP) is 5.50. The minimum Gasteiger partial charge on any atom is -0.393 e. The Morgan fingerprint density at radius 3 is 2.75 bits per heavy atom. The van der Waals surface area contributed by atoms with Crippen LogP contribution in [0.3, 0.4) is 0 Å². The van der Waals surface area contributed by atoms with Crippen molar-refractivity contribution in [3.05, 3.63) is 47.6 Å². The van der Waals surface area contributed by atoms with E-state index >= 15 is 0 Å². The SMILES string of the molecule is C[C@@H]1CC2C3CCC4=CC(=O)C=CC4(C)C3[C@@H](O)CC2(C)[C@@]1(O)C(=O)CSc1nc2c(C(F)(F)F)cccc2[nH]1. The molecule has 4 aliphatic carbocycles. The van der Waals surface area contributed by atoms with Crippen LogP contribution in [0.1, 0.15) is 52.0 Å². The number of Topliss-reactive ketones (excluding diaryl/α,β-unsaturated/α-hetero) is 1. The first kappa shape index (κ1) is 27.7. The average Bonchev–Trinajstić information content (AvgIpc) is 3.39. The van der Waals surface area contributed by atoms with Gasteiger partial charge in [0.1, 0.15) is 11.1 Å². The van der Waals surface area contributed by atoms with Crippen LogP contribution in [0.5, 0.6) is 0 Å². The van der Waals surface area contributed by atoms with Crippen molar-refractivity contribution in [2.75, 3.05) is 5.75 Å². The van der Waals surface area contributed by atoms with Crippen LogP contribution in [-0.2, 0) is 15.8 Å². The Kier molecular flexibility index (Phi) is 6.26. The van der Waals surface area contributed by atoms with E-state index in [1.54, 1.807) is 12.2 Å². The number of benzene rings is 1. The number of para-hydroxylation sites is 1. The number of aromatic nitrogens is 2. The number of rotatable bonds is 4. The Morgan fingerprint density at radius 1 is 1.27 bits per heavy atom. The van der Waals surface area contributed by atoms with E-state index in [1.165, 1.54) is 12.1 Å². The maximum absolute atomic E-state index is 13.8. The highest BCUT2D eigenvalue weighted by atomic mass is 32.2. The van der Waals surface area contributed by atoms with E-state index in [4.69, 9.17) is 0 Å². The maximum atomic E-state index is 13.8. The summed E-state index contributed by atoms with van der Waals surface area (Å²) in [5, 5.41) is 23.9. The van der Waals surface area contributed by atoms with E-state index in [1.807, 2.05) is 19.9 Å². The maximum Gasteiger partial charge on any atom is 0.418 e. The number of allylic oxidation sites excluding steroid dienone is 4. The lowest BCUT2D eigenvalue weighted by Gasteiger charge is -2.59. The summed E-state index contributed by atoms with van der Waals surface area (Å²) in [7, 11) is 0. The van der Waals surface area contributed by atoms with Crippen molar-refractivity contribution < 1.29 is 33.0 Å². The summed E-state index contributed by atoms with van der Waals surface area (Å²) >= 11 is 0.983. The summed E-state index contributed by atoms with van der Waals surface area (Å²) in [6.07, 6.45) is 2.27. The quantitative estimate of drug-likeness (QED) is 0.417. The number of aliphatic hydroxyl groups is 2. The summed E-state index contributed by atoms with van der Waals surface area (Å²) in [6, 6.07) is 3.78. The first-order valence-electron chi connectivity index (χ1n) is 13.8. The molecule has 10 heteroatoms. The van der Waals surface area contributed by atoms with Crippen LogP contribution >= 0.6 is 11.8 Å². The number of fused-ring (bicyclic) bond motifs is 6. The van der Waals surface area contributed by atoms with E-state index in [0.717, 1.165) is 36.2 Å².